The van der Waals surface area contributed by atoms with E-state index in [9.17, 15) is 9.90 Å². The summed E-state index contributed by atoms with van der Waals surface area (Å²) in [5.41, 5.74) is 4.28. The molecule has 0 aromatic heterocycles. The molecule has 0 amide bonds. The van der Waals surface area contributed by atoms with Crippen LogP contribution >= 0.6 is 0 Å². The molecule has 18 heavy (non-hydrogen) atoms. The van der Waals surface area contributed by atoms with Crippen molar-refractivity contribution in [2.75, 3.05) is 0 Å². The third kappa shape index (κ3) is 4.85. The van der Waals surface area contributed by atoms with Crippen LogP contribution in [0.15, 0.2) is 30.3 Å². The van der Waals surface area contributed by atoms with Crippen molar-refractivity contribution in [2.24, 2.45) is 0 Å². The van der Waals surface area contributed by atoms with E-state index in [4.69, 9.17) is 4.74 Å². The Morgan fingerprint density at radius 2 is 1.89 bits per heavy atom. The molecule has 1 aromatic rings. The molecule has 0 unspecified atom stereocenters. The average Bonchev–Trinajstić information content (AvgIpc) is 2.27. The van der Waals surface area contributed by atoms with Gasteiger partial charge in [-0.2, -0.15) is 0 Å². The second-order valence-corrected chi connectivity index (χ2v) is 5.43. The van der Waals surface area contributed by atoms with Crippen LogP contribution in [0, 0.1) is 0 Å². The number of aliphatic hydroxyl groups excluding tert-OH is 1. The van der Waals surface area contributed by atoms with Gasteiger partial charge in [0.2, 0.25) is 6.10 Å². The number of carbonyl (C=O) groups is 1. The third-order valence-corrected chi connectivity index (χ3v) is 2.44. The normalized spacial score (nSPS) is 14.9. The van der Waals surface area contributed by atoms with E-state index in [1.54, 1.807) is 20.8 Å². The van der Waals surface area contributed by atoms with Crippen LogP contribution < -0.4 is 5.73 Å². The van der Waals surface area contributed by atoms with Crippen LogP contribution in [0.2, 0.25) is 0 Å². The lowest BCUT2D eigenvalue weighted by Crippen LogP contribution is -2.69. The Labute approximate surface area is 108 Å². The van der Waals surface area contributed by atoms with Crippen molar-refractivity contribution in [3.05, 3.63) is 35.9 Å². The van der Waals surface area contributed by atoms with Crippen LogP contribution in [0.3, 0.4) is 0 Å². The van der Waals surface area contributed by atoms with Gasteiger partial charge in [0, 0.05) is 6.42 Å². The lowest BCUT2D eigenvalue weighted by atomic mass is 10.0. The molecule has 0 radical (unpaired) electrons. The van der Waals surface area contributed by atoms with Gasteiger partial charge in [0.15, 0.2) is 0 Å². The summed E-state index contributed by atoms with van der Waals surface area (Å²) in [4.78, 5) is 11.7. The SMILES string of the molecule is CC(C)(C)OC(=O)[C@H](O)[C@@H]([NH3+])Cc1ccccc1. The molecule has 0 aliphatic carbocycles. The fraction of sp³-hybridized carbons (Fsp3) is 0.500. The lowest BCUT2D eigenvalue weighted by Gasteiger charge is -2.23. The molecule has 0 spiro atoms. The summed E-state index contributed by atoms with van der Waals surface area (Å²) in [7, 11) is 0. The van der Waals surface area contributed by atoms with E-state index >= 15 is 0 Å². The topological polar surface area (TPSA) is 74.2 Å². The third-order valence-electron chi connectivity index (χ3n) is 2.44. The van der Waals surface area contributed by atoms with Gasteiger partial charge >= 0.3 is 5.97 Å². The van der Waals surface area contributed by atoms with Gasteiger partial charge in [-0.3, -0.25) is 0 Å². The smallest absolute Gasteiger partial charge is 0.341 e. The molecule has 0 saturated heterocycles. The van der Waals surface area contributed by atoms with Gasteiger partial charge in [-0.25, -0.2) is 4.79 Å². The summed E-state index contributed by atoms with van der Waals surface area (Å²) in [6.45, 7) is 5.31. The summed E-state index contributed by atoms with van der Waals surface area (Å²) >= 11 is 0. The van der Waals surface area contributed by atoms with Crippen molar-refractivity contribution in [1.82, 2.24) is 0 Å². The first kappa shape index (κ1) is 14.7. The molecular weight excluding hydrogens is 230 g/mol. The molecule has 0 saturated carbocycles. The first-order chi connectivity index (χ1) is 8.29. The molecule has 2 atom stereocenters. The Morgan fingerprint density at radius 1 is 1.33 bits per heavy atom. The summed E-state index contributed by atoms with van der Waals surface area (Å²) in [6, 6.07) is 9.23. The Kier molecular flexibility index (Phi) is 4.87. The second-order valence-electron chi connectivity index (χ2n) is 5.43. The Morgan fingerprint density at radius 3 is 2.39 bits per heavy atom. The molecule has 0 aliphatic heterocycles. The number of esters is 1. The van der Waals surface area contributed by atoms with E-state index in [0.29, 0.717) is 6.42 Å². The highest BCUT2D eigenvalue weighted by Gasteiger charge is 2.30. The van der Waals surface area contributed by atoms with Crippen LogP contribution in [0.25, 0.3) is 0 Å². The van der Waals surface area contributed by atoms with Crippen molar-refractivity contribution in [1.29, 1.82) is 0 Å². The molecule has 1 rings (SSSR count). The maximum atomic E-state index is 11.7. The zero-order valence-corrected chi connectivity index (χ0v) is 11.2. The van der Waals surface area contributed by atoms with Crippen molar-refractivity contribution >= 4 is 5.97 Å². The predicted octanol–water partition coefficient (Wildman–Crippen LogP) is 0.542. The molecule has 4 nitrogen and oxygen atoms in total. The van der Waals surface area contributed by atoms with Crippen molar-refractivity contribution in [2.45, 2.75) is 44.9 Å². The molecule has 4 N–H and O–H groups in total. The van der Waals surface area contributed by atoms with E-state index in [-0.39, 0.29) is 0 Å². The summed E-state index contributed by atoms with van der Waals surface area (Å²) < 4.78 is 5.13. The van der Waals surface area contributed by atoms with E-state index < -0.39 is 23.7 Å². The first-order valence-corrected chi connectivity index (χ1v) is 6.07. The van der Waals surface area contributed by atoms with Crippen molar-refractivity contribution in [3.63, 3.8) is 0 Å². The van der Waals surface area contributed by atoms with Gasteiger partial charge in [-0.05, 0) is 26.3 Å². The standard InChI is InChI=1S/C14H21NO3/c1-14(2,3)18-13(17)12(16)11(15)9-10-7-5-4-6-8-10/h4-8,11-12,16H,9,15H2,1-3H3/p+1/t11-,12+/m0/s1. The van der Waals surface area contributed by atoms with Gasteiger partial charge in [-0.15, -0.1) is 0 Å². The highest BCUT2D eigenvalue weighted by molar-refractivity contribution is 5.75. The minimum Gasteiger partial charge on any atom is -0.458 e. The maximum absolute atomic E-state index is 11.7. The minimum atomic E-state index is -1.19. The van der Waals surface area contributed by atoms with Gasteiger partial charge < -0.3 is 15.6 Å². The Hall–Kier alpha value is -1.39. The quantitative estimate of drug-likeness (QED) is 0.768. The van der Waals surface area contributed by atoms with Gasteiger partial charge in [0.25, 0.3) is 0 Å². The number of carbonyl (C=O) groups excluding carboxylic acids is 1. The molecule has 0 aliphatic rings. The van der Waals surface area contributed by atoms with Gasteiger partial charge in [0.05, 0.1) is 0 Å². The van der Waals surface area contributed by atoms with Crippen LogP contribution in [0.1, 0.15) is 26.3 Å². The number of quaternary nitrogens is 1. The van der Waals surface area contributed by atoms with Crippen LogP contribution in [0.4, 0.5) is 0 Å². The molecule has 4 heteroatoms. The largest absolute Gasteiger partial charge is 0.458 e. The van der Waals surface area contributed by atoms with Gasteiger partial charge in [0.1, 0.15) is 11.6 Å². The van der Waals surface area contributed by atoms with Crippen LogP contribution in [0.5, 0.6) is 0 Å². The Balaban J connectivity index is 2.56. The number of benzene rings is 1. The molecule has 0 bridgehead atoms. The number of ether oxygens (including phenoxy) is 1. The molecule has 100 valence electrons. The summed E-state index contributed by atoms with van der Waals surface area (Å²) in [5, 5.41) is 9.87. The van der Waals surface area contributed by atoms with Crippen LogP contribution in [-0.4, -0.2) is 28.8 Å². The maximum Gasteiger partial charge on any atom is 0.341 e. The number of hydrogen-bond donors (Lipinski definition) is 2. The zero-order chi connectivity index (χ0) is 13.8. The average molecular weight is 252 g/mol. The second kappa shape index (κ2) is 5.98. The number of rotatable bonds is 4. The fourth-order valence-electron chi connectivity index (χ4n) is 1.58. The zero-order valence-electron chi connectivity index (χ0n) is 11.2. The molecule has 0 fully saturated rings. The highest BCUT2D eigenvalue weighted by atomic mass is 16.6. The molecular formula is C14H22NO3+. The molecule has 1 aromatic carbocycles. The first-order valence-electron chi connectivity index (χ1n) is 6.07. The Bertz CT molecular complexity index is 384. The van der Waals surface area contributed by atoms with E-state index in [0.717, 1.165) is 5.56 Å². The predicted molar refractivity (Wildman–Crippen MR) is 68.7 cm³/mol. The summed E-state index contributed by atoms with van der Waals surface area (Å²) in [6.07, 6.45) is -0.647. The highest BCUT2D eigenvalue weighted by Crippen LogP contribution is 2.10. The number of hydrogen-bond acceptors (Lipinski definition) is 3. The lowest BCUT2D eigenvalue weighted by molar-refractivity contribution is -0.434. The van der Waals surface area contributed by atoms with Crippen LogP contribution in [-0.2, 0) is 16.0 Å². The fourth-order valence-corrected chi connectivity index (χ4v) is 1.58. The van der Waals surface area contributed by atoms with Gasteiger partial charge in [-0.1, -0.05) is 30.3 Å². The number of aliphatic hydroxyl groups is 1. The van der Waals surface area contributed by atoms with Crippen molar-refractivity contribution < 1.29 is 20.4 Å². The monoisotopic (exact) mass is 252 g/mol. The minimum absolute atomic E-state index is 0.415. The van der Waals surface area contributed by atoms with E-state index in [1.807, 2.05) is 30.3 Å². The van der Waals surface area contributed by atoms with E-state index in [2.05, 4.69) is 5.73 Å². The molecule has 0 heterocycles. The van der Waals surface area contributed by atoms with Crippen molar-refractivity contribution in [3.8, 4) is 0 Å². The summed E-state index contributed by atoms with van der Waals surface area (Å²) in [5.74, 6) is -0.613. The van der Waals surface area contributed by atoms with E-state index in [1.165, 1.54) is 0 Å².